The lowest BCUT2D eigenvalue weighted by Gasteiger charge is -2.22. The van der Waals surface area contributed by atoms with Gasteiger partial charge in [0, 0.05) is 48.4 Å². The molecular formula is C62H40N4S. The second-order valence-corrected chi connectivity index (χ2v) is 19.3. The summed E-state index contributed by atoms with van der Waals surface area (Å²) in [4.78, 5) is 16.3. The van der Waals surface area contributed by atoms with Gasteiger partial charge < -0.3 is 4.57 Å². The molecule has 0 N–H and O–H groups in total. The molecule has 0 atom stereocenters. The molecule has 314 valence electrons. The van der Waals surface area contributed by atoms with Gasteiger partial charge in [0.1, 0.15) is 0 Å². The van der Waals surface area contributed by atoms with Gasteiger partial charge in [-0.15, -0.1) is 11.3 Å². The highest BCUT2D eigenvalue weighted by molar-refractivity contribution is 7.26. The van der Waals surface area contributed by atoms with Crippen molar-refractivity contribution in [3.05, 3.63) is 217 Å². The molecule has 14 rings (SSSR count). The first-order valence-electron chi connectivity index (χ1n) is 22.9. The standard InChI is InChI=1S/C62H40N4S/c1-62(2)50-27-12-10-22-46(50)55-49(38-17-4-3-5-18-38)35-42(36-51(55)62)60-63-59(41-31-30-37-16-6-7-20-40(37)34-41)64-61(65-60)48-26-14-24-44-45-25-15-29-54(58(45)67-57(44)48)66-52-28-13-11-23-47(52)56-43-21-9-8-19-39(43)32-33-53(56)66/h3-36H,1-2H3. The van der Waals surface area contributed by atoms with Gasteiger partial charge in [0.05, 0.1) is 21.4 Å². The predicted molar refractivity (Wildman–Crippen MR) is 281 cm³/mol. The van der Waals surface area contributed by atoms with E-state index in [1.54, 1.807) is 0 Å². The Morgan fingerprint density at radius 1 is 0.388 bits per heavy atom. The van der Waals surface area contributed by atoms with Crippen molar-refractivity contribution < 1.29 is 0 Å². The molecule has 0 aliphatic heterocycles. The van der Waals surface area contributed by atoms with Crippen LogP contribution < -0.4 is 0 Å². The number of para-hydroxylation sites is 1. The van der Waals surface area contributed by atoms with E-state index in [1.807, 2.05) is 11.3 Å². The number of hydrogen-bond donors (Lipinski definition) is 0. The maximum Gasteiger partial charge on any atom is 0.165 e. The molecule has 67 heavy (non-hydrogen) atoms. The Kier molecular flexibility index (Phi) is 8.17. The Labute approximate surface area is 391 Å². The molecule has 1 aliphatic carbocycles. The highest BCUT2D eigenvalue weighted by Crippen LogP contribution is 2.53. The summed E-state index contributed by atoms with van der Waals surface area (Å²) in [7, 11) is 0. The summed E-state index contributed by atoms with van der Waals surface area (Å²) in [6.07, 6.45) is 0. The molecular weight excluding hydrogens is 833 g/mol. The first-order chi connectivity index (χ1) is 33.0. The van der Waals surface area contributed by atoms with Crippen LogP contribution >= 0.6 is 11.3 Å². The van der Waals surface area contributed by atoms with E-state index in [4.69, 9.17) is 15.0 Å². The number of thiophene rings is 1. The molecule has 13 aromatic rings. The van der Waals surface area contributed by atoms with E-state index >= 15 is 0 Å². The molecule has 0 saturated carbocycles. The fourth-order valence-corrected chi connectivity index (χ4v) is 12.3. The van der Waals surface area contributed by atoms with E-state index < -0.39 is 0 Å². The highest BCUT2D eigenvalue weighted by Gasteiger charge is 2.37. The van der Waals surface area contributed by atoms with E-state index in [2.05, 4.69) is 225 Å². The number of aromatic nitrogens is 4. The fraction of sp³-hybridized carbons (Fsp3) is 0.0484. The molecule has 4 nitrogen and oxygen atoms in total. The Morgan fingerprint density at radius 2 is 1.03 bits per heavy atom. The minimum atomic E-state index is -0.230. The van der Waals surface area contributed by atoms with Crippen molar-refractivity contribution in [3.63, 3.8) is 0 Å². The first kappa shape index (κ1) is 38.1. The van der Waals surface area contributed by atoms with Gasteiger partial charge in [0.2, 0.25) is 0 Å². The highest BCUT2D eigenvalue weighted by atomic mass is 32.1. The average Bonchev–Trinajstić information content (AvgIpc) is 4.02. The monoisotopic (exact) mass is 872 g/mol. The molecule has 0 amide bonds. The van der Waals surface area contributed by atoms with Gasteiger partial charge in [-0.2, -0.15) is 0 Å². The van der Waals surface area contributed by atoms with Crippen molar-refractivity contribution in [2.45, 2.75) is 19.3 Å². The van der Waals surface area contributed by atoms with Gasteiger partial charge in [-0.1, -0.05) is 178 Å². The number of fused-ring (bicyclic) bond motifs is 12. The van der Waals surface area contributed by atoms with Crippen LogP contribution in [0.4, 0.5) is 0 Å². The largest absolute Gasteiger partial charge is 0.308 e. The Balaban J connectivity index is 1.02. The summed E-state index contributed by atoms with van der Waals surface area (Å²) >= 11 is 1.82. The molecule has 3 aromatic heterocycles. The maximum atomic E-state index is 5.50. The quantitative estimate of drug-likeness (QED) is 0.173. The maximum absolute atomic E-state index is 5.50. The topological polar surface area (TPSA) is 43.6 Å². The Morgan fingerprint density at radius 3 is 1.90 bits per heavy atom. The minimum Gasteiger partial charge on any atom is -0.308 e. The molecule has 3 heterocycles. The third-order valence-electron chi connectivity index (χ3n) is 14.2. The van der Waals surface area contributed by atoms with Gasteiger partial charge in [0.25, 0.3) is 0 Å². The zero-order valence-corrected chi connectivity index (χ0v) is 37.6. The van der Waals surface area contributed by atoms with Gasteiger partial charge in [-0.05, 0) is 97.4 Å². The smallest absolute Gasteiger partial charge is 0.165 e. The lowest BCUT2D eigenvalue weighted by molar-refractivity contribution is 0.660. The van der Waals surface area contributed by atoms with E-state index in [0.717, 1.165) is 32.5 Å². The molecule has 0 bridgehead atoms. The second-order valence-electron chi connectivity index (χ2n) is 18.3. The van der Waals surface area contributed by atoms with Gasteiger partial charge in [-0.3, -0.25) is 0 Å². The van der Waals surface area contributed by atoms with Crippen LogP contribution in [0.5, 0.6) is 0 Å². The first-order valence-corrected chi connectivity index (χ1v) is 23.7. The van der Waals surface area contributed by atoms with Crippen LogP contribution in [0, 0.1) is 0 Å². The van der Waals surface area contributed by atoms with Crippen LogP contribution in [0.15, 0.2) is 206 Å². The number of benzene rings is 10. The van der Waals surface area contributed by atoms with E-state index in [1.165, 1.54) is 86.8 Å². The van der Waals surface area contributed by atoms with Crippen molar-refractivity contribution in [1.82, 2.24) is 19.5 Å². The van der Waals surface area contributed by atoms with Crippen molar-refractivity contribution >= 4 is 74.9 Å². The SMILES string of the molecule is CC1(C)c2ccccc2-c2c(-c3ccccc3)cc(-c3nc(-c4ccc5ccccc5c4)nc(-c4cccc5c4sc4c(-n6c7ccccc7c7c8ccccc8ccc76)cccc45)n3)cc21. The summed E-state index contributed by atoms with van der Waals surface area (Å²) in [5.74, 6) is 1.95. The van der Waals surface area contributed by atoms with Gasteiger partial charge >= 0.3 is 0 Å². The molecule has 0 saturated heterocycles. The molecule has 1 aliphatic rings. The number of nitrogens with zero attached hydrogens (tertiary/aromatic N) is 4. The molecule has 0 spiro atoms. The third kappa shape index (κ3) is 5.68. The summed E-state index contributed by atoms with van der Waals surface area (Å²) in [5, 5.41) is 9.75. The van der Waals surface area contributed by atoms with Crippen molar-refractivity contribution in [2.24, 2.45) is 0 Å². The van der Waals surface area contributed by atoms with Crippen molar-refractivity contribution in [2.75, 3.05) is 0 Å². The van der Waals surface area contributed by atoms with E-state index in [0.29, 0.717) is 17.5 Å². The number of rotatable bonds is 5. The van der Waals surface area contributed by atoms with Crippen LogP contribution in [0.1, 0.15) is 25.0 Å². The van der Waals surface area contributed by atoms with E-state index in [9.17, 15) is 0 Å². The molecule has 10 aromatic carbocycles. The normalized spacial score (nSPS) is 13.0. The van der Waals surface area contributed by atoms with Gasteiger partial charge in [0.15, 0.2) is 17.5 Å². The van der Waals surface area contributed by atoms with Crippen molar-refractivity contribution in [3.8, 4) is 62.1 Å². The third-order valence-corrected chi connectivity index (χ3v) is 15.5. The molecule has 5 heteroatoms. The van der Waals surface area contributed by atoms with Gasteiger partial charge in [-0.25, -0.2) is 15.0 Å². The van der Waals surface area contributed by atoms with Crippen LogP contribution in [-0.4, -0.2) is 19.5 Å². The zero-order valence-electron chi connectivity index (χ0n) is 36.8. The Bertz CT molecular complexity index is 4200. The fourth-order valence-electron chi connectivity index (χ4n) is 11.0. The van der Waals surface area contributed by atoms with Crippen LogP contribution in [0.3, 0.4) is 0 Å². The van der Waals surface area contributed by atoms with Crippen LogP contribution in [0.2, 0.25) is 0 Å². The minimum absolute atomic E-state index is 0.230. The van der Waals surface area contributed by atoms with Crippen molar-refractivity contribution in [1.29, 1.82) is 0 Å². The van der Waals surface area contributed by atoms with E-state index in [-0.39, 0.29) is 5.41 Å². The Hall–Kier alpha value is -8.25. The zero-order chi connectivity index (χ0) is 44.4. The summed E-state index contributed by atoms with van der Waals surface area (Å²) < 4.78 is 4.83. The number of hydrogen-bond acceptors (Lipinski definition) is 4. The summed E-state index contributed by atoms with van der Waals surface area (Å²) in [6.45, 7) is 4.68. The van der Waals surface area contributed by atoms with Crippen LogP contribution in [0.25, 0.3) is 126 Å². The molecule has 0 unspecified atom stereocenters. The molecule has 0 radical (unpaired) electrons. The lowest BCUT2D eigenvalue weighted by Crippen LogP contribution is -2.15. The molecule has 0 fully saturated rings. The average molecular weight is 873 g/mol. The second kappa shape index (κ2) is 14.4. The summed E-state index contributed by atoms with van der Waals surface area (Å²) in [6, 6.07) is 74.7. The predicted octanol–water partition coefficient (Wildman–Crippen LogP) is 16.6. The summed E-state index contributed by atoms with van der Waals surface area (Å²) in [5.41, 5.74) is 13.7. The lowest BCUT2D eigenvalue weighted by atomic mass is 9.81. The van der Waals surface area contributed by atoms with Crippen LogP contribution in [-0.2, 0) is 5.41 Å².